The minimum Gasteiger partial charge on any atom is -0.368 e. The van der Waals surface area contributed by atoms with Crippen LogP contribution in [-0.2, 0) is 10.3 Å². The molecule has 0 atom stereocenters. The highest BCUT2D eigenvalue weighted by Gasteiger charge is 2.39. The van der Waals surface area contributed by atoms with Crippen molar-refractivity contribution >= 4 is 11.9 Å². The van der Waals surface area contributed by atoms with E-state index in [4.69, 9.17) is 5.73 Å². The van der Waals surface area contributed by atoms with Gasteiger partial charge in [0, 0.05) is 18.6 Å². The summed E-state index contributed by atoms with van der Waals surface area (Å²) in [5, 5.41) is 2.97. The van der Waals surface area contributed by atoms with Crippen molar-refractivity contribution < 1.29 is 9.59 Å². The fourth-order valence-electron chi connectivity index (χ4n) is 4.46. The van der Waals surface area contributed by atoms with E-state index < -0.39 is 5.91 Å². The third-order valence-corrected chi connectivity index (χ3v) is 6.45. The Morgan fingerprint density at radius 3 is 2.25 bits per heavy atom. The lowest BCUT2D eigenvalue weighted by molar-refractivity contribution is -0.118. The predicted molar refractivity (Wildman–Crippen MR) is 111 cm³/mol. The van der Waals surface area contributed by atoms with Gasteiger partial charge in [0.1, 0.15) is 6.54 Å². The van der Waals surface area contributed by atoms with Crippen LogP contribution in [-0.4, -0.2) is 55.5 Å². The van der Waals surface area contributed by atoms with Crippen molar-refractivity contribution in [2.24, 2.45) is 17.6 Å². The number of hydrogen-bond acceptors (Lipinski definition) is 3. The lowest BCUT2D eigenvalue weighted by Crippen LogP contribution is -2.49. The third kappa shape index (κ3) is 5.04. The monoisotopic (exact) mass is 386 g/mol. The molecule has 0 heterocycles. The van der Waals surface area contributed by atoms with Gasteiger partial charge in [-0.3, -0.25) is 9.69 Å². The van der Waals surface area contributed by atoms with Crippen LogP contribution in [0.5, 0.6) is 0 Å². The molecule has 3 rings (SSSR count). The van der Waals surface area contributed by atoms with Gasteiger partial charge in [-0.2, -0.15) is 0 Å². The van der Waals surface area contributed by atoms with E-state index in [0.717, 1.165) is 25.7 Å². The Balaban J connectivity index is 1.61. The summed E-state index contributed by atoms with van der Waals surface area (Å²) in [5.74, 6) is 0.549. The summed E-state index contributed by atoms with van der Waals surface area (Å²) >= 11 is 0. The van der Waals surface area contributed by atoms with Gasteiger partial charge in [-0.05, 0) is 70.0 Å². The van der Waals surface area contributed by atoms with Crippen molar-refractivity contribution in [1.29, 1.82) is 0 Å². The van der Waals surface area contributed by atoms with Gasteiger partial charge >= 0.3 is 6.03 Å². The minimum atomic E-state index is -0.454. The summed E-state index contributed by atoms with van der Waals surface area (Å²) in [6.07, 6.45) is 6.51. The number of carbonyl (C=O) groups excluding carboxylic acids is 2. The van der Waals surface area contributed by atoms with Crippen LogP contribution in [0.2, 0.25) is 0 Å². The van der Waals surface area contributed by atoms with Gasteiger partial charge in [-0.1, -0.05) is 30.3 Å². The Morgan fingerprint density at radius 2 is 1.71 bits per heavy atom. The third-order valence-electron chi connectivity index (χ3n) is 6.45. The fourth-order valence-corrected chi connectivity index (χ4v) is 4.46. The molecule has 2 saturated carbocycles. The Morgan fingerprint density at radius 1 is 1.07 bits per heavy atom. The molecule has 0 spiro atoms. The smallest absolute Gasteiger partial charge is 0.317 e. The minimum absolute atomic E-state index is 0.00942. The average Bonchev–Trinajstić information content (AvgIpc) is 3.51. The second-order valence-corrected chi connectivity index (χ2v) is 8.71. The Bertz CT molecular complexity index is 664. The molecular weight excluding hydrogens is 352 g/mol. The molecule has 154 valence electrons. The Hall–Kier alpha value is -2.08. The first-order valence-corrected chi connectivity index (χ1v) is 10.4. The quantitative estimate of drug-likeness (QED) is 0.721. The molecule has 28 heavy (non-hydrogen) atoms. The number of nitrogens with one attached hydrogen (secondary N) is 1. The average molecular weight is 387 g/mol. The first kappa shape index (κ1) is 20.6. The van der Waals surface area contributed by atoms with Crippen molar-refractivity contribution in [2.45, 2.75) is 44.1 Å². The maximum Gasteiger partial charge on any atom is 0.317 e. The van der Waals surface area contributed by atoms with Crippen LogP contribution in [0.3, 0.4) is 0 Å². The van der Waals surface area contributed by atoms with Crippen LogP contribution < -0.4 is 11.1 Å². The molecule has 1 aromatic rings. The van der Waals surface area contributed by atoms with Gasteiger partial charge in [0.05, 0.1) is 0 Å². The number of nitrogens with two attached hydrogens (primary N) is 1. The second-order valence-electron chi connectivity index (χ2n) is 8.71. The first-order chi connectivity index (χ1) is 13.4. The van der Waals surface area contributed by atoms with Crippen LogP contribution in [0.25, 0.3) is 0 Å². The molecule has 0 unspecified atom stereocenters. The SMILES string of the molecule is CN(C)C1(c2ccccc2)CCC(CN(CC(N)=O)C(=O)NCC2CC2)CC1. The van der Waals surface area contributed by atoms with E-state index in [2.05, 4.69) is 54.6 Å². The van der Waals surface area contributed by atoms with E-state index in [-0.39, 0.29) is 18.1 Å². The number of nitrogens with zero attached hydrogens (tertiary/aromatic N) is 2. The zero-order valence-electron chi connectivity index (χ0n) is 17.2. The molecule has 2 aliphatic rings. The maximum absolute atomic E-state index is 12.5. The summed E-state index contributed by atoms with van der Waals surface area (Å²) < 4.78 is 0. The van der Waals surface area contributed by atoms with Gasteiger partial charge < -0.3 is 16.0 Å². The molecule has 0 saturated heterocycles. The zero-order valence-corrected chi connectivity index (χ0v) is 17.2. The molecule has 1 aromatic carbocycles. The molecule has 0 radical (unpaired) electrons. The van der Waals surface area contributed by atoms with Gasteiger partial charge in [0.15, 0.2) is 0 Å². The highest BCUT2D eigenvalue weighted by molar-refractivity contribution is 5.82. The predicted octanol–water partition coefficient (Wildman–Crippen LogP) is 2.54. The van der Waals surface area contributed by atoms with E-state index in [1.165, 1.54) is 18.4 Å². The summed E-state index contributed by atoms with van der Waals surface area (Å²) in [6, 6.07) is 10.5. The van der Waals surface area contributed by atoms with Crippen LogP contribution in [0.4, 0.5) is 4.79 Å². The standard InChI is InChI=1S/C22H34N4O2/c1-25(2)22(19-6-4-3-5-7-19)12-10-18(11-13-22)15-26(16-20(23)27)21(28)24-14-17-8-9-17/h3-7,17-18H,8-16H2,1-2H3,(H2,23,27)(H,24,28). The molecule has 0 bridgehead atoms. The molecule has 0 aliphatic heterocycles. The van der Waals surface area contributed by atoms with Crippen molar-refractivity contribution in [3.8, 4) is 0 Å². The van der Waals surface area contributed by atoms with Crippen molar-refractivity contribution in [1.82, 2.24) is 15.1 Å². The van der Waals surface area contributed by atoms with Crippen LogP contribution in [0, 0.1) is 11.8 Å². The topological polar surface area (TPSA) is 78.7 Å². The normalized spacial score (nSPS) is 24.8. The molecule has 3 N–H and O–H groups in total. The number of hydrogen-bond donors (Lipinski definition) is 2. The van der Waals surface area contributed by atoms with Crippen LogP contribution >= 0.6 is 0 Å². The largest absolute Gasteiger partial charge is 0.368 e. The Labute approximate surface area is 168 Å². The van der Waals surface area contributed by atoms with Crippen LogP contribution in [0.1, 0.15) is 44.1 Å². The number of amides is 3. The summed E-state index contributed by atoms with van der Waals surface area (Å²) in [4.78, 5) is 28.0. The van der Waals surface area contributed by atoms with E-state index in [0.29, 0.717) is 24.9 Å². The number of carbonyl (C=O) groups is 2. The Kier molecular flexibility index (Phi) is 6.60. The number of benzene rings is 1. The lowest BCUT2D eigenvalue weighted by Gasteiger charge is -2.46. The van der Waals surface area contributed by atoms with Crippen molar-refractivity contribution in [3.63, 3.8) is 0 Å². The van der Waals surface area contributed by atoms with Gasteiger partial charge in [-0.15, -0.1) is 0 Å². The van der Waals surface area contributed by atoms with Crippen molar-refractivity contribution in [3.05, 3.63) is 35.9 Å². The highest BCUT2D eigenvalue weighted by Crippen LogP contribution is 2.43. The van der Waals surface area contributed by atoms with Gasteiger partial charge in [-0.25, -0.2) is 4.79 Å². The summed E-state index contributed by atoms with van der Waals surface area (Å²) in [5.41, 5.74) is 6.79. The fraction of sp³-hybridized carbons (Fsp3) is 0.636. The number of primary amides is 1. The first-order valence-electron chi connectivity index (χ1n) is 10.4. The van der Waals surface area contributed by atoms with Crippen molar-refractivity contribution in [2.75, 3.05) is 33.7 Å². The van der Waals surface area contributed by atoms with Gasteiger partial charge in [0.2, 0.25) is 5.91 Å². The molecule has 2 aliphatic carbocycles. The molecule has 6 nitrogen and oxygen atoms in total. The second kappa shape index (κ2) is 8.95. The summed E-state index contributed by atoms with van der Waals surface area (Å²) in [7, 11) is 4.30. The van der Waals surface area contributed by atoms with E-state index in [9.17, 15) is 9.59 Å². The molecule has 6 heteroatoms. The zero-order chi connectivity index (χ0) is 20.1. The number of urea groups is 1. The molecule has 3 amide bonds. The summed E-state index contributed by atoms with van der Waals surface area (Å²) in [6.45, 7) is 1.29. The van der Waals surface area contributed by atoms with Crippen LogP contribution in [0.15, 0.2) is 30.3 Å². The van der Waals surface area contributed by atoms with E-state index in [1.807, 2.05) is 0 Å². The van der Waals surface area contributed by atoms with Gasteiger partial charge in [0.25, 0.3) is 0 Å². The maximum atomic E-state index is 12.5. The highest BCUT2D eigenvalue weighted by atomic mass is 16.2. The van der Waals surface area contributed by atoms with E-state index in [1.54, 1.807) is 4.90 Å². The molecular formula is C22H34N4O2. The molecule has 0 aromatic heterocycles. The number of rotatable bonds is 8. The molecule has 2 fully saturated rings. The lowest BCUT2D eigenvalue weighted by atomic mass is 9.72. The van der Waals surface area contributed by atoms with E-state index >= 15 is 0 Å².